The van der Waals surface area contributed by atoms with Crippen molar-refractivity contribution < 1.29 is 19.4 Å². The predicted molar refractivity (Wildman–Crippen MR) is 116 cm³/mol. The van der Waals surface area contributed by atoms with E-state index in [1.165, 1.54) is 4.90 Å². The van der Waals surface area contributed by atoms with Crippen molar-refractivity contribution in [1.82, 2.24) is 9.97 Å². The van der Waals surface area contributed by atoms with E-state index in [-0.39, 0.29) is 12.6 Å². The molecule has 31 heavy (non-hydrogen) atoms. The number of aliphatic hydroxyl groups is 1. The molecule has 8 nitrogen and oxygen atoms in total. The number of hydrogen-bond acceptors (Lipinski definition) is 7. The summed E-state index contributed by atoms with van der Waals surface area (Å²) in [6.45, 7) is 3.72. The first-order chi connectivity index (χ1) is 15.0. The van der Waals surface area contributed by atoms with Crippen LogP contribution in [0.25, 0.3) is 0 Å². The lowest BCUT2D eigenvalue weighted by Gasteiger charge is -2.23. The molecule has 0 radical (unpaired) electrons. The van der Waals surface area contributed by atoms with Gasteiger partial charge in [0.1, 0.15) is 30.0 Å². The number of hydrogen-bond donors (Lipinski definition) is 2. The van der Waals surface area contributed by atoms with Crippen LogP contribution in [-0.4, -0.2) is 39.9 Å². The number of rotatable bonds is 7. The van der Waals surface area contributed by atoms with Crippen LogP contribution in [0.4, 0.5) is 16.6 Å². The Labute approximate surface area is 180 Å². The minimum atomic E-state index is -0.746. The van der Waals surface area contributed by atoms with Crippen LogP contribution in [0, 0.1) is 0 Å². The topological polar surface area (TPSA) is 96.8 Å². The second-order valence-electron chi connectivity index (χ2n) is 7.35. The lowest BCUT2D eigenvalue weighted by molar-refractivity contribution is 0.142. The molecule has 1 saturated heterocycles. The third-order valence-electron chi connectivity index (χ3n) is 5.03. The van der Waals surface area contributed by atoms with Gasteiger partial charge in [0.05, 0.1) is 12.1 Å². The fourth-order valence-electron chi connectivity index (χ4n) is 3.36. The molecule has 2 heterocycles. The van der Waals surface area contributed by atoms with Crippen molar-refractivity contribution in [1.29, 1.82) is 0 Å². The van der Waals surface area contributed by atoms with Crippen LogP contribution in [0.2, 0.25) is 0 Å². The highest BCUT2D eigenvalue weighted by molar-refractivity contribution is 5.89. The molecule has 0 spiro atoms. The van der Waals surface area contributed by atoms with Crippen molar-refractivity contribution in [2.45, 2.75) is 32.0 Å². The van der Waals surface area contributed by atoms with Gasteiger partial charge in [-0.1, -0.05) is 30.3 Å². The van der Waals surface area contributed by atoms with Gasteiger partial charge in [0.15, 0.2) is 0 Å². The number of ether oxygens (including phenoxy) is 2. The van der Waals surface area contributed by atoms with Crippen molar-refractivity contribution in [2.24, 2.45) is 0 Å². The molecule has 2 aromatic carbocycles. The SMILES string of the molecule is C[C@H](Nc1nccc(N2C(=O)OCC2[C@@H](C)O)n1)c1cccc(Oc2ccccc2)c1. The van der Waals surface area contributed by atoms with Gasteiger partial charge < -0.3 is 19.9 Å². The Morgan fingerprint density at radius 2 is 1.90 bits per heavy atom. The second kappa shape index (κ2) is 9.01. The number of cyclic esters (lactones) is 1. The molecule has 1 fully saturated rings. The summed E-state index contributed by atoms with van der Waals surface area (Å²) in [4.78, 5) is 22.2. The fraction of sp³-hybridized carbons (Fsp3) is 0.261. The average molecular weight is 420 g/mol. The van der Waals surface area contributed by atoms with Crippen molar-refractivity contribution in [3.05, 3.63) is 72.4 Å². The average Bonchev–Trinajstić information content (AvgIpc) is 3.16. The number of aromatic nitrogens is 2. The minimum Gasteiger partial charge on any atom is -0.457 e. The highest BCUT2D eigenvalue weighted by atomic mass is 16.6. The Kier molecular flexibility index (Phi) is 5.99. The maximum absolute atomic E-state index is 12.1. The number of nitrogens with one attached hydrogen (secondary N) is 1. The first-order valence-electron chi connectivity index (χ1n) is 10.1. The summed E-state index contributed by atoms with van der Waals surface area (Å²) < 4.78 is 11.0. The molecule has 1 amide bonds. The molecular weight excluding hydrogens is 396 g/mol. The highest BCUT2D eigenvalue weighted by Crippen LogP contribution is 2.27. The molecule has 1 aliphatic heterocycles. The van der Waals surface area contributed by atoms with Gasteiger partial charge in [-0.2, -0.15) is 4.98 Å². The van der Waals surface area contributed by atoms with E-state index in [1.807, 2.05) is 61.5 Å². The zero-order chi connectivity index (χ0) is 21.8. The predicted octanol–water partition coefficient (Wildman–Crippen LogP) is 4.15. The van der Waals surface area contributed by atoms with Gasteiger partial charge in [0, 0.05) is 6.20 Å². The third kappa shape index (κ3) is 4.75. The second-order valence-corrected chi connectivity index (χ2v) is 7.35. The van der Waals surface area contributed by atoms with Gasteiger partial charge in [-0.3, -0.25) is 4.90 Å². The molecule has 1 unspecified atom stereocenters. The largest absolute Gasteiger partial charge is 0.457 e. The van der Waals surface area contributed by atoms with E-state index in [0.717, 1.165) is 17.1 Å². The van der Waals surface area contributed by atoms with Gasteiger partial charge in [0.25, 0.3) is 0 Å². The van der Waals surface area contributed by atoms with E-state index in [9.17, 15) is 9.90 Å². The zero-order valence-electron chi connectivity index (χ0n) is 17.3. The first kappa shape index (κ1) is 20.6. The highest BCUT2D eigenvalue weighted by Gasteiger charge is 2.38. The maximum atomic E-state index is 12.1. The molecule has 0 bridgehead atoms. The van der Waals surface area contributed by atoms with E-state index in [2.05, 4.69) is 15.3 Å². The van der Waals surface area contributed by atoms with E-state index < -0.39 is 18.2 Å². The summed E-state index contributed by atoms with van der Waals surface area (Å²) in [7, 11) is 0. The Hall–Kier alpha value is -3.65. The number of nitrogens with zero attached hydrogens (tertiary/aromatic N) is 3. The molecule has 8 heteroatoms. The number of anilines is 2. The van der Waals surface area contributed by atoms with Crippen LogP contribution >= 0.6 is 0 Å². The lowest BCUT2D eigenvalue weighted by Crippen LogP contribution is -2.41. The first-order valence-corrected chi connectivity index (χ1v) is 10.1. The van der Waals surface area contributed by atoms with E-state index in [1.54, 1.807) is 19.2 Å². The molecule has 4 rings (SSSR count). The molecule has 1 aromatic heterocycles. The molecule has 0 saturated carbocycles. The standard InChI is InChI=1S/C23H24N4O4/c1-15(17-7-6-10-19(13-17)31-18-8-4-3-5-9-18)25-22-24-12-11-21(26-22)27-20(16(2)28)14-30-23(27)29/h3-13,15-16,20,28H,14H2,1-2H3,(H,24,25,26)/t15-,16+,20?/m0/s1. The third-order valence-corrected chi connectivity index (χ3v) is 5.03. The Morgan fingerprint density at radius 3 is 2.68 bits per heavy atom. The van der Waals surface area contributed by atoms with Crippen molar-refractivity contribution in [2.75, 3.05) is 16.8 Å². The molecule has 0 aliphatic carbocycles. The van der Waals surface area contributed by atoms with Gasteiger partial charge in [-0.05, 0) is 49.7 Å². The minimum absolute atomic E-state index is 0.118. The molecule has 1 aliphatic rings. The van der Waals surface area contributed by atoms with Crippen LogP contribution < -0.4 is 15.0 Å². The summed E-state index contributed by atoms with van der Waals surface area (Å²) >= 11 is 0. The Balaban J connectivity index is 1.49. The van der Waals surface area contributed by atoms with Gasteiger partial charge >= 0.3 is 6.09 Å². The number of benzene rings is 2. The summed E-state index contributed by atoms with van der Waals surface area (Å²) in [5.41, 5.74) is 0.991. The smallest absolute Gasteiger partial charge is 0.416 e. The van der Waals surface area contributed by atoms with Crippen molar-refractivity contribution >= 4 is 17.9 Å². The summed E-state index contributed by atoms with van der Waals surface area (Å²) in [5, 5.41) is 13.2. The van der Waals surface area contributed by atoms with Crippen LogP contribution in [0.1, 0.15) is 25.5 Å². The normalized spacial score (nSPS) is 17.7. The Morgan fingerprint density at radius 1 is 1.13 bits per heavy atom. The van der Waals surface area contributed by atoms with E-state index in [0.29, 0.717) is 11.8 Å². The number of amides is 1. The van der Waals surface area contributed by atoms with Gasteiger partial charge in [0.2, 0.25) is 5.95 Å². The van der Waals surface area contributed by atoms with E-state index in [4.69, 9.17) is 9.47 Å². The number of carbonyl (C=O) groups excluding carboxylic acids is 1. The van der Waals surface area contributed by atoms with Gasteiger partial charge in [-0.25, -0.2) is 9.78 Å². The van der Waals surface area contributed by atoms with Gasteiger partial charge in [-0.15, -0.1) is 0 Å². The summed E-state index contributed by atoms with van der Waals surface area (Å²) in [6, 6.07) is 18.4. The van der Waals surface area contributed by atoms with Crippen LogP contribution in [0.3, 0.4) is 0 Å². The fourth-order valence-corrected chi connectivity index (χ4v) is 3.36. The molecule has 2 N–H and O–H groups in total. The van der Waals surface area contributed by atoms with Crippen molar-refractivity contribution in [3.8, 4) is 11.5 Å². The number of para-hydroxylation sites is 1. The van der Waals surface area contributed by atoms with E-state index >= 15 is 0 Å². The number of carbonyl (C=O) groups is 1. The summed E-state index contributed by atoms with van der Waals surface area (Å²) in [5.74, 6) is 2.23. The lowest BCUT2D eigenvalue weighted by atomic mass is 10.1. The monoisotopic (exact) mass is 420 g/mol. The Bertz CT molecular complexity index is 1040. The van der Waals surface area contributed by atoms with Crippen molar-refractivity contribution in [3.63, 3.8) is 0 Å². The maximum Gasteiger partial charge on any atom is 0.416 e. The molecule has 3 aromatic rings. The quantitative estimate of drug-likeness (QED) is 0.593. The molecular formula is C23H24N4O4. The van der Waals surface area contributed by atoms with Crippen LogP contribution in [0.5, 0.6) is 11.5 Å². The zero-order valence-corrected chi connectivity index (χ0v) is 17.3. The molecule has 160 valence electrons. The van der Waals surface area contributed by atoms with Crippen LogP contribution in [-0.2, 0) is 4.74 Å². The molecule has 3 atom stereocenters. The van der Waals surface area contributed by atoms with Crippen LogP contribution in [0.15, 0.2) is 66.9 Å². The number of aliphatic hydroxyl groups excluding tert-OH is 1. The summed E-state index contributed by atoms with van der Waals surface area (Å²) in [6.07, 6.45) is 0.287.